The number of rotatable bonds is 9. The highest BCUT2D eigenvalue weighted by Gasteiger charge is 2.14. The molecule has 0 fully saturated rings. The third-order valence-corrected chi connectivity index (χ3v) is 6.54. The van der Waals surface area contributed by atoms with E-state index in [1.54, 1.807) is 11.8 Å². The third kappa shape index (κ3) is 5.65. The van der Waals surface area contributed by atoms with E-state index in [0.29, 0.717) is 22.0 Å². The second-order valence-corrected chi connectivity index (χ2v) is 9.42. The maximum Gasteiger partial charge on any atom is 0.240 e. The van der Waals surface area contributed by atoms with Crippen LogP contribution >= 0.6 is 34.9 Å². The van der Waals surface area contributed by atoms with E-state index in [-0.39, 0.29) is 18.5 Å². The molecule has 0 aliphatic carbocycles. The van der Waals surface area contributed by atoms with E-state index in [1.165, 1.54) is 23.1 Å². The van der Waals surface area contributed by atoms with E-state index in [2.05, 4.69) is 41.2 Å². The van der Waals surface area contributed by atoms with E-state index >= 15 is 0 Å². The second-order valence-electron chi connectivity index (χ2n) is 5.99. The largest absolute Gasteiger partial charge is 0.454 e. The SMILES string of the molecule is CCSc1nnc(NC(=O)CSc2n[nH]c(N/N=C(/C)c3ccc4c(c3)OCO4)n2)s1. The Morgan fingerprint density at radius 2 is 2.16 bits per heavy atom. The normalized spacial score (nSPS) is 12.8. The van der Waals surface area contributed by atoms with Gasteiger partial charge in [-0.1, -0.05) is 41.8 Å². The van der Waals surface area contributed by atoms with Gasteiger partial charge in [0.15, 0.2) is 15.8 Å². The number of ether oxygens (including phenoxy) is 2. The molecule has 0 bridgehead atoms. The van der Waals surface area contributed by atoms with E-state index < -0.39 is 0 Å². The molecule has 31 heavy (non-hydrogen) atoms. The van der Waals surface area contributed by atoms with Crippen molar-refractivity contribution >= 4 is 57.6 Å². The zero-order valence-electron chi connectivity index (χ0n) is 16.5. The average Bonchev–Trinajstić information content (AvgIpc) is 3.51. The van der Waals surface area contributed by atoms with Crippen molar-refractivity contribution in [3.05, 3.63) is 23.8 Å². The van der Waals surface area contributed by atoms with Gasteiger partial charge in [-0.3, -0.25) is 10.1 Å². The number of anilines is 2. The highest BCUT2D eigenvalue weighted by molar-refractivity contribution is 8.01. The van der Waals surface area contributed by atoms with Gasteiger partial charge in [-0.05, 0) is 30.9 Å². The molecule has 0 saturated carbocycles. The number of carbonyl (C=O) groups is 1. The molecule has 3 heterocycles. The predicted octanol–water partition coefficient (Wildman–Crippen LogP) is 3.06. The molecule has 2 aromatic heterocycles. The number of carbonyl (C=O) groups excluding carboxylic acids is 1. The monoisotopic (exact) mass is 478 g/mol. The highest BCUT2D eigenvalue weighted by Crippen LogP contribution is 2.32. The first kappa shape index (κ1) is 21.4. The fourth-order valence-corrected chi connectivity index (χ4v) is 4.67. The van der Waals surface area contributed by atoms with Crippen molar-refractivity contribution in [2.45, 2.75) is 23.3 Å². The van der Waals surface area contributed by atoms with Gasteiger partial charge in [-0.25, -0.2) is 10.5 Å². The fourth-order valence-electron chi connectivity index (χ4n) is 2.41. The summed E-state index contributed by atoms with van der Waals surface area (Å²) in [6, 6.07) is 5.61. The molecule has 0 saturated heterocycles. The number of nitrogens with zero attached hydrogens (tertiary/aromatic N) is 5. The molecule has 1 amide bonds. The number of fused-ring (bicyclic) bond motifs is 1. The number of nitrogens with one attached hydrogen (secondary N) is 3. The molecule has 14 heteroatoms. The molecule has 3 aromatic rings. The zero-order valence-corrected chi connectivity index (χ0v) is 19.0. The molecular formula is C17H18N8O3S3. The highest BCUT2D eigenvalue weighted by atomic mass is 32.2. The Bertz CT molecular complexity index is 1100. The van der Waals surface area contributed by atoms with Gasteiger partial charge in [0.1, 0.15) is 0 Å². The van der Waals surface area contributed by atoms with Crippen molar-refractivity contribution < 1.29 is 14.3 Å². The van der Waals surface area contributed by atoms with Gasteiger partial charge in [-0.15, -0.1) is 15.3 Å². The Hall–Kier alpha value is -2.84. The first-order valence-electron chi connectivity index (χ1n) is 9.12. The predicted molar refractivity (Wildman–Crippen MR) is 120 cm³/mol. The molecule has 0 radical (unpaired) electrons. The van der Waals surface area contributed by atoms with Crippen LogP contribution in [0.15, 0.2) is 32.8 Å². The molecule has 0 spiro atoms. The molecule has 1 aromatic carbocycles. The van der Waals surface area contributed by atoms with Gasteiger partial charge in [0.05, 0.1) is 11.5 Å². The molecule has 11 nitrogen and oxygen atoms in total. The number of H-pyrrole nitrogens is 1. The third-order valence-electron chi connectivity index (χ3n) is 3.84. The molecule has 3 N–H and O–H groups in total. The van der Waals surface area contributed by atoms with Gasteiger partial charge in [0.25, 0.3) is 0 Å². The quantitative estimate of drug-likeness (QED) is 0.182. The lowest BCUT2D eigenvalue weighted by molar-refractivity contribution is -0.113. The number of thioether (sulfide) groups is 2. The van der Waals surface area contributed by atoms with Crippen molar-refractivity contribution in [3.63, 3.8) is 0 Å². The Labute approximate surface area is 189 Å². The van der Waals surface area contributed by atoms with Gasteiger partial charge >= 0.3 is 0 Å². The van der Waals surface area contributed by atoms with Crippen LogP contribution < -0.4 is 20.2 Å². The number of hydrogen-bond donors (Lipinski definition) is 3. The van der Waals surface area contributed by atoms with Gasteiger partial charge < -0.3 is 9.47 Å². The number of amides is 1. The number of hydrazone groups is 1. The van der Waals surface area contributed by atoms with Crippen LogP contribution in [0.3, 0.4) is 0 Å². The summed E-state index contributed by atoms with van der Waals surface area (Å²) in [5, 5.41) is 22.7. The molecule has 162 valence electrons. The zero-order chi connectivity index (χ0) is 21.6. The van der Waals surface area contributed by atoms with Gasteiger partial charge in [-0.2, -0.15) is 10.1 Å². The number of aromatic amines is 1. The fraction of sp³-hybridized carbons (Fsp3) is 0.294. The van der Waals surface area contributed by atoms with Crippen LogP contribution in [0.25, 0.3) is 0 Å². The van der Waals surface area contributed by atoms with Crippen LogP contribution in [-0.4, -0.2) is 55.3 Å². The van der Waals surface area contributed by atoms with E-state index in [9.17, 15) is 4.79 Å². The second kappa shape index (κ2) is 9.98. The summed E-state index contributed by atoms with van der Waals surface area (Å²) in [7, 11) is 0. The van der Waals surface area contributed by atoms with Gasteiger partial charge in [0, 0.05) is 5.56 Å². The minimum Gasteiger partial charge on any atom is -0.454 e. The summed E-state index contributed by atoms with van der Waals surface area (Å²) >= 11 is 4.13. The van der Waals surface area contributed by atoms with E-state index in [0.717, 1.165) is 27.1 Å². The summed E-state index contributed by atoms with van der Waals surface area (Å²) < 4.78 is 11.5. The summed E-state index contributed by atoms with van der Waals surface area (Å²) in [4.78, 5) is 16.4. The number of benzene rings is 1. The maximum atomic E-state index is 12.1. The van der Waals surface area contributed by atoms with E-state index in [1.807, 2.05) is 32.0 Å². The lowest BCUT2D eigenvalue weighted by Crippen LogP contribution is -2.13. The minimum absolute atomic E-state index is 0.145. The summed E-state index contributed by atoms with van der Waals surface area (Å²) in [5.74, 6) is 2.62. The minimum atomic E-state index is -0.204. The molecule has 0 unspecified atom stereocenters. The molecule has 1 aliphatic rings. The van der Waals surface area contributed by atoms with Crippen molar-refractivity contribution in [2.75, 3.05) is 29.0 Å². The van der Waals surface area contributed by atoms with Crippen LogP contribution in [0.5, 0.6) is 11.5 Å². The first-order chi connectivity index (χ1) is 15.1. The summed E-state index contributed by atoms with van der Waals surface area (Å²) in [6.45, 7) is 4.12. The molecule has 0 atom stereocenters. The average molecular weight is 479 g/mol. The van der Waals surface area contributed by atoms with Crippen LogP contribution in [0.1, 0.15) is 19.4 Å². The lowest BCUT2D eigenvalue weighted by atomic mass is 10.1. The van der Waals surface area contributed by atoms with Crippen molar-refractivity contribution in [2.24, 2.45) is 5.10 Å². The van der Waals surface area contributed by atoms with E-state index in [4.69, 9.17) is 9.47 Å². The first-order valence-corrected chi connectivity index (χ1v) is 11.9. The summed E-state index contributed by atoms with van der Waals surface area (Å²) in [6.07, 6.45) is 0. The van der Waals surface area contributed by atoms with Crippen molar-refractivity contribution in [3.8, 4) is 11.5 Å². The Balaban J connectivity index is 1.27. The van der Waals surface area contributed by atoms with Crippen LogP contribution in [-0.2, 0) is 4.79 Å². The molecular weight excluding hydrogens is 460 g/mol. The number of aromatic nitrogens is 5. The van der Waals surface area contributed by atoms with Crippen LogP contribution in [0.2, 0.25) is 0 Å². The van der Waals surface area contributed by atoms with Crippen molar-refractivity contribution in [1.29, 1.82) is 0 Å². The Morgan fingerprint density at radius 1 is 1.29 bits per heavy atom. The van der Waals surface area contributed by atoms with Crippen molar-refractivity contribution in [1.82, 2.24) is 25.4 Å². The number of hydrogen-bond acceptors (Lipinski definition) is 12. The Morgan fingerprint density at radius 3 is 3.03 bits per heavy atom. The van der Waals surface area contributed by atoms with Crippen LogP contribution in [0, 0.1) is 0 Å². The molecule has 1 aliphatic heterocycles. The standard InChI is InChI=1S/C17H18N8O3S3/c1-3-29-17-25-24-16(31-17)18-13(26)7-30-15-19-14(22-23-15)21-20-9(2)10-4-5-11-12(6-10)28-8-27-11/h4-6H,3,7-8H2,1-2H3,(H,18,24,26)(H2,19,21,22,23)/b20-9-. The lowest BCUT2D eigenvalue weighted by Gasteiger charge is -2.03. The van der Waals surface area contributed by atoms with Crippen LogP contribution in [0.4, 0.5) is 11.1 Å². The summed E-state index contributed by atoms with van der Waals surface area (Å²) in [5.41, 5.74) is 4.45. The maximum absolute atomic E-state index is 12.1. The topological polar surface area (TPSA) is 139 Å². The smallest absolute Gasteiger partial charge is 0.240 e. The Kier molecular flexibility index (Phi) is 6.89. The van der Waals surface area contributed by atoms with Gasteiger partial charge in [0.2, 0.25) is 28.9 Å². The molecule has 4 rings (SSSR count).